The van der Waals surface area contributed by atoms with Gasteiger partial charge in [-0.05, 0) is 42.5 Å². The maximum absolute atomic E-state index is 12.5. The predicted molar refractivity (Wildman–Crippen MR) is 107 cm³/mol. The molecule has 7 nitrogen and oxygen atoms in total. The maximum Gasteiger partial charge on any atom is 0.340 e. The molecule has 1 aliphatic carbocycles. The van der Waals surface area contributed by atoms with Crippen LogP contribution in [0.3, 0.4) is 0 Å². The Labute approximate surface area is 169 Å². The molecule has 2 amide bonds. The Morgan fingerprint density at radius 1 is 1.10 bits per heavy atom. The van der Waals surface area contributed by atoms with Crippen LogP contribution in [0.25, 0.3) is 0 Å². The molecule has 3 rings (SSSR count). The number of ether oxygens (including phenoxy) is 1. The van der Waals surface area contributed by atoms with Crippen LogP contribution in [0.15, 0.2) is 47.1 Å². The van der Waals surface area contributed by atoms with Crippen molar-refractivity contribution in [1.82, 2.24) is 5.32 Å². The van der Waals surface area contributed by atoms with E-state index in [2.05, 4.69) is 24.5 Å². The molecule has 1 fully saturated rings. The maximum atomic E-state index is 12.5. The van der Waals surface area contributed by atoms with Crippen LogP contribution in [0.2, 0.25) is 0 Å². The van der Waals surface area contributed by atoms with E-state index in [4.69, 9.17) is 9.15 Å². The Bertz CT molecular complexity index is 862. The number of nitrogens with one attached hydrogen (secondary N) is 2. The lowest BCUT2D eigenvalue weighted by atomic mass is 9.78. The van der Waals surface area contributed by atoms with Gasteiger partial charge in [0.05, 0.1) is 17.5 Å². The molecule has 0 unspecified atom stereocenters. The van der Waals surface area contributed by atoms with Crippen molar-refractivity contribution in [3.05, 3.63) is 54.0 Å². The largest absolute Gasteiger partial charge is 0.459 e. The van der Waals surface area contributed by atoms with E-state index in [0.717, 1.165) is 12.8 Å². The zero-order chi connectivity index (χ0) is 20.8. The molecule has 1 saturated carbocycles. The number of amides is 2. The first-order valence-electron chi connectivity index (χ1n) is 9.86. The van der Waals surface area contributed by atoms with Crippen LogP contribution in [0, 0.1) is 11.8 Å². The van der Waals surface area contributed by atoms with Crippen LogP contribution in [0.1, 0.15) is 54.0 Å². The number of esters is 1. The number of anilines is 1. The molecule has 7 heteroatoms. The van der Waals surface area contributed by atoms with Crippen LogP contribution < -0.4 is 10.6 Å². The number of hydrogen-bond donors (Lipinski definition) is 2. The Balaban J connectivity index is 1.57. The summed E-state index contributed by atoms with van der Waals surface area (Å²) >= 11 is 0. The van der Waals surface area contributed by atoms with Gasteiger partial charge in [-0.2, -0.15) is 0 Å². The second-order valence-corrected chi connectivity index (χ2v) is 7.49. The highest BCUT2D eigenvalue weighted by molar-refractivity contribution is 6.06. The van der Waals surface area contributed by atoms with Crippen molar-refractivity contribution in [3.8, 4) is 0 Å². The second kappa shape index (κ2) is 9.41. The third kappa shape index (κ3) is 5.25. The highest BCUT2D eigenvalue weighted by Gasteiger charge is 2.28. The van der Waals surface area contributed by atoms with Gasteiger partial charge in [0.25, 0.3) is 11.8 Å². The van der Waals surface area contributed by atoms with Gasteiger partial charge in [0, 0.05) is 6.04 Å². The van der Waals surface area contributed by atoms with Gasteiger partial charge in [0.2, 0.25) is 0 Å². The van der Waals surface area contributed by atoms with Gasteiger partial charge in [-0.3, -0.25) is 9.59 Å². The highest BCUT2D eigenvalue weighted by atomic mass is 16.5. The van der Waals surface area contributed by atoms with Crippen LogP contribution in [-0.2, 0) is 9.53 Å². The molecule has 29 heavy (non-hydrogen) atoms. The first kappa shape index (κ1) is 20.6. The number of carbonyl (C=O) groups is 3. The number of carbonyl (C=O) groups excluding carboxylic acids is 3. The average Bonchev–Trinajstić information content (AvgIpc) is 3.25. The van der Waals surface area contributed by atoms with Crippen molar-refractivity contribution < 1.29 is 23.5 Å². The van der Waals surface area contributed by atoms with Crippen molar-refractivity contribution in [2.75, 3.05) is 11.9 Å². The molecule has 3 atom stereocenters. The normalized spacial score (nSPS) is 21.2. The lowest BCUT2D eigenvalue weighted by Gasteiger charge is -2.34. The summed E-state index contributed by atoms with van der Waals surface area (Å²) in [5.41, 5.74) is 0.453. The highest BCUT2D eigenvalue weighted by Crippen LogP contribution is 2.29. The van der Waals surface area contributed by atoms with Gasteiger partial charge in [-0.1, -0.05) is 38.8 Å². The molecule has 1 aromatic carbocycles. The van der Waals surface area contributed by atoms with Crippen LogP contribution in [0.4, 0.5) is 5.69 Å². The Kier molecular flexibility index (Phi) is 6.69. The number of benzene rings is 1. The Morgan fingerprint density at radius 2 is 1.90 bits per heavy atom. The minimum atomic E-state index is -0.680. The quantitative estimate of drug-likeness (QED) is 0.724. The summed E-state index contributed by atoms with van der Waals surface area (Å²) in [6.07, 6.45) is 4.58. The molecular formula is C22H26N2O5. The summed E-state index contributed by atoms with van der Waals surface area (Å²) in [7, 11) is 0. The lowest BCUT2D eigenvalue weighted by Crippen LogP contribution is -2.45. The summed E-state index contributed by atoms with van der Waals surface area (Å²) in [5, 5.41) is 5.60. The van der Waals surface area contributed by atoms with E-state index >= 15 is 0 Å². The number of para-hydroxylation sites is 1. The van der Waals surface area contributed by atoms with Gasteiger partial charge >= 0.3 is 5.97 Å². The molecule has 0 aliphatic heterocycles. The van der Waals surface area contributed by atoms with Crippen LogP contribution in [0.5, 0.6) is 0 Å². The molecule has 1 aliphatic rings. The van der Waals surface area contributed by atoms with Crippen molar-refractivity contribution in [2.24, 2.45) is 11.8 Å². The fourth-order valence-electron chi connectivity index (χ4n) is 3.60. The zero-order valence-corrected chi connectivity index (χ0v) is 16.6. The van der Waals surface area contributed by atoms with Crippen molar-refractivity contribution in [2.45, 2.75) is 39.2 Å². The van der Waals surface area contributed by atoms with Gasteiger partial charge in [0.1, 0.15) is 0 Å². The fourth-order valence-corrected chi connectivity index (χ4v) is 3.60. The van der Waals surface area contributed by atoms with Crippen LogP contribution >= 0.6 is 0 Å². The first-order valence-corrected chi connectivity index (χ1v) is 9.86. The van der Waals surface area contributed by atoms with E-state index in [9.17, 15) is 14.4 Å². The molecular weight excluding hydrogens is 372 g/mol. The van der Waals surface area contributed by atoms with Crippen LogP contribution in [-0.4, -0.2) is 30.4 Å². The van der Waals surface area contributed by atoms with E-state index in [1.165, 1.54) is 24.8 Å². The number of rotatable bonds is 6. The summed E-state index contributed by atoms with van der Waals surface area (Å²) in [4.78, 5) is 36.9. The molecule has 0 radical (unpaired) electrons. The van der Waals surface area contributed by atoms with Gasteiger partial charge in [0.15, 0.2) is 12.4 Å². The standard InChI is InChI=1S/C22H26N2O5/c1-14-7-5-10-17(15(14)2)23-20(25)13-29-22(27)16-8-3-4-9-18(16)24-21(26)19-11-6-12-28-19/h3-4,6,8-9,11-12,14-15,17H,5,7,10,13H2,1-2H3,(H,23,25)(H,24,26)/t14-,15+,17+/m0/s1. The summed E-state index contributed by atoms with van der Waals surface area (Å²) in [5.74, 6) is -0.402. The third-order valence-electron chi connectivity index (χ3n) is 5.53. The summed E-state index contributed by atoms with van der Waals surface area (Å²) in [6, 6.07) is 9.68. The summed E-state index contributed by atoms with van der Waals surface area (Å²) in [6.45, 7) is 3.96. The summed E-state index contributed by atoms with van der Waals surface area (Å²) < 4.78 is 10.2. The van der Waals surface area contributed by atoms with Gasteiger partial charge in [-0.25, -0.2) is 4.79 Å². The predicted octanol–water partition coefficient (Wildman–Crippen LogP) is 3.63. The Hall–Kier alpha value is -3.09. The number of furan rings is 1. The van der Waals surface area contributed by atoms with E-state index in [1.54, 1.807) is 24.3 Å². The van der Waals surface area contributed by atoms with E-state index in [1.807, 2.05) is 0 Å². The topological polar surface area (TPSA) is 97.6 Å². The van der Waals surface area contributed by atoms with E-state index < -0.39 is 11.9 Å². The van der Waals surface area contributed by atoms with E-state index in [0.29, 0.717) is 11.8 Å². The minimum Gasteiger partial charge on any atom is -0.459 e. The van der Waals surface area contributed by atoms with Gasteiger partial charge < -0.3 is 19.8 Å². The molecule has 154 valence electrons. The van der Waals surface area contributed by atoms with E-state index in [-0.39, 0.29) is 35.6 Å². The molecule has 0 saturated heterocycles. The monoisotopic (exact) mass is 398 g/mol. The fraction of sp³-hybridized carbons (Fsp3) is 0.409. The second-order valence-electron chi connectivity index (χ2n) is 7.49. The lowest BCUT2D eigenvalue weighted by molar-refractivity contribution is -0.125. The molecule has 2 aromatic rings. The first-order chi connectivity index (χ1) is 14.0. The minimum absolute atomic E-state index is 0.102. The third-order valence-corrected chi connectivity index (χ3v) is 5.53. The molecule has 0 bridgehead atoms. The van der Waals surface area contributed by atoms with Crippen molar-refractivity contribution in [1.29, 1.82) is 0 Å². The molecule has 1 aromatic heterocycles. The van der Waals surface area contributed by atoms with Crippen molar-refractivity contribution in [3.63, 3.8) is 0 Å². The molecule has 2 N–H and O–H groups in total. The van der Waals surface area contributed by atoms with Gasteiger partial charge in [-0.15, -0.1) is 0 Å². The SMILES string of the molecule is C[C@@H]1[C@@H](C)CCC[C@H]1NC(=O)COC(=O)c1ccccc1NC(=O)c1ccco1. The average molecular weight is 398 g/mol. The smallest absolute Gasteiger partial charge is 0.340 e. The van der Waals surface area contributed by atoms with Crippen molar-refractivity contribution >= 4 is 23.5 Å². The number of hydrogen-bond acceptors (Lipinski definition) is 5. The zero-order valence-electron chi connectivity index (χ0n) is 16.6. The Morgan fingerprint density at radius 3 is 2.66 bits per heavy atom. The molecule has 1 heterocycles. The molecule has 0 spiro atoms.